The van der Waals surface area contributed by atoms with E-state index in [1.165, 1.54) is 83.5 Å². The molecule has 24 heteroatoms. The molecule has 0 radical (unpaired) electrons. The SMILES string of the molecule is CCCCCCCC/C=C\CCCCCCCC(=O)O[C@H](COC(=O)CCCCCCC/C=C\CCCCCCCCC)COP(=O)(O)OC1C(O[C@@H]2OC(CO)[C@H](O)C(O)[C@@H]2O)C(O)C(O)C(O)[C@H]1O[C@H]1OC(CO)[C@@H](O)C(O)[C@H]1O. The number of carbonyl (C=O) groups is 2. The number of aliphatic hydroxyl groups is 11. The van der Waals surface area contributed by atoms with E-state index in [-0.39, 0.29) is 12.8 Å². The van der Waals surface area contributed by atoms with Crippen LogP contribution in [0.15, 0.2) is 24.3 Å². The Hall–Kier alpha value is -2.07. The first kappa shape index (κ1) is 74.2. The van der Waals surface area contributed by atoms with Gasteiger partial charge in [-0.1, -0.05) is 147 Å². The van der Waals surface area contributed by atoms with Crippen molar-refractivity contribution < 1.29 is 113 Å². The van der Waals surface area contributed by atoms with Gasteiger partial charge in [-0.2, -0.15) is 0 Å². The van der Waals surface area contributed by atoms with Gasteiger partial charge in [0.15, 0.2) is 18.7 Å². The first-order valence-corrected chi connectivity index (χ1v) is 32.2. The van der Waals surface area contributed by atoms with Crippen LogP contribution in [-0.4, -0.2) is 204 Å². The van der Waals surface area contributed by atoms with Gasteiger partial charge in [-0.3, -0.25) is 18.6 Å². The molecule has 2 aliphatic heterocycles. The second-order valence-electron chi connectivity index (χ2n) is 22.2. The third-order valence-corrected chi connectivity index (χ3v) is 16.2. The minimum Gasteiger partial charge on any atom is -0.462 e. The molecular weight excluding hydrogens is 1100 g/mol. The lowest BCUT2D eigenvalue weighted by Crippen LogP contribution is -2.69. The predicted octanol–water partition coefficient (Wildman–Crippen LogP) is 4.88. The summed E-state index contributed by atoms with van der Waals surface area (Å²) < 4.78 is 58.2. The van der Waals surface area contributed by atoms with Crippen LogP contribution in [0.4, 0.5) is 0 Å². The van der Waals surface area contributed by atoms with Gasteiger partial charge < -0.3 is 89.5 Å². The Morgan fingerprint density at radius 3 is 1.20 bits per heavy atom. The van der Waals surface area contributed by atoms with Gasteiger partial charge in [-0.05, 0) is 64.2 Å². The Kier molecular flexibility index (Phi) is 38.6. The van der Waals surface area contributed by atoms with Crippen molar-refractivity contribution in [3.05, 3.63) is 24.3 Å². The zero-order valence-corrected chi connectivity index (χ0v) is 49.7. The van der Waals surface area contributed by atoms with Crippen molar-refractivity contribution in [2.75, 3.05) is 26.4 Å². The van der Waals surface area contributed by atoms with E-state index in [1.807, 2.05) is 0 Å². The van der Waals surface area contributed by atoms with Crippen molar-refractivity contribution in [1.82, 2.24) is 0 Å². The number of phosphoric acid groups is 1. The molecule has 10 unspecified atom stereocenters. The minimum atomic E-state index is -5.64. The van der Waals surface area contributed by atoms with Crippen molar-refractivity contribution >= 4 is 19.8 Å². The quantitative estimate of drug-likeness (QED) is 0.0167. The molecule has 0 amide bonds. The van der Waals surface area contributed by atoms with Crippen LogP contribution in [0.2, 0.25) is 0 Å². The molecule has 3 fully saturated rings. The van der Waals surface area contributed by atoms with Crippen LogP contribution in [0.25, 0.3) is 0 Å². The maximum atomic E-state index is 14.0. The van der Waals surface area contributed by atoms with Crippen molar-refractivity contribution in [3.63, 3.8) is 0 Å². The molecule has 2 saturated heterocycles. The number of hydrogen-bond acceptors (Lipinski definition) is 22. The molecule has 0 bridgehead atoms. The Labute approximate surface area is 485 Å². The van der Waals surface area contributed by atoms with E-state index in [2.05, 4.69) is 38.2 Å². The largest absolute Gasteiger partial charge is 0.472 e. The molecule has 12 N–H and O–H groups in total. The summed E-state index contributed by atoms with van der Waals surface area (Å²) in [7, 11) is -5.64. The van der Waals surface area contributed by atoms with Crippen LogP contribution in [0.3, 0.4) is 0 Å². The number of aliphatic hydroxyl groups excluding tert-OH is 11. The number of ether oxygens (including phenoxy) is 6. The fourth-order valence-corrected chi connectivity index (χ4v) is 11.1. The lowest BCUT2D eigenvalue weighted by Gasteiger charge is -2.49. The van der Waals surface area contributed by atoms with Crippen molar-refractivity contribution in [2.24, 2.45) is 0 Å². The summed E-state index contributed by atoms with van der Waals surface area (Å²) in [6.45, 7) is 0.995. The zero-order valence-electron chi connectivity index (χ0n) is 48.8. The third-order valence-electron chi connectivity index (χ3n) is 15.2. The van der Waals surface area contributed by atoms with Crippen LogP contribution in [0.5, 0.6) is 0 Å². The molecular formula is C58H105O23P. The molecule has 0 aromatic rings. The van der Waals surface area contributed by atoms with Gasteiger partial charge in [0, 0.05) is 12.8 Å². The van der Waals surface area contributed by atoms with Crippen LogP contribution >= 0.6 is 7.82 Å². The molecule has 0 aromatic heterocycles. The van der Waals surface area contributed by atoms with Crippen molar-refractivity contribution in [3.8, 4) is 0 Å². The summed E-state index contributed by atoms with van der Waals surface area (Å²) in [5.41, 5.74) is 0. The molecule has 3 aliphatic rings. The number of phosphoric ester groups is 1. The number of unbranched alkanes of at least 4 members (excludes halogenated alkanes) is 23. The smallest absolute Gasteiger partial charge is 0.462 e. The van der Waals surface area contributed by atoms with E-state index >= 15 is 0 Å². The van der Waals surface area contributed by atoms with E-state index in [1.54, 1.807) is 0 Å². The van der Waals surface area contributed by atoms with Gasteiger partial charge in [0.2, 0.25) is 0 Å². The Morgan fingerprint density at radius 1 is 0.451 bits per heavy atom. The van der Waals surface area contributed by atoms with E-state index in [9.17, 15) is 75.2 Å². The predicted molar refractivity (Wildman–Crippen MR) is 300 cm³/mol. The number of rotatable bonds is 45. The Bertz CT molecular complexity index is 1720. The number of allylic oxidation sites excluding steroid dienone is 4. The van der Waals surface area contributed by atoms with Crippen LogP contribution in [0, 0.1) is 0 Å². The molecule has 18 atom stereocenters. The van der Waals surface area contributed by atoms with E-state index in [0.717, 1.165) is 77.0 Å². The highest BCUT2D eigenvalue weighted by molar-refractivity contribution is 7.47. The topological polar surface area (TPSA) is 368 Å². The molecule has 480 valence electrons. The van der Waals surface area contributed by atoms with Gasteiger partial charge in [0.25, 0.3) is 0 Å². The fraction of sp³-hybridized carbons (Fsp3) is 0.897. The average molecular weight is 1200 g/mol. The van der Waals surface area contributed by atoms with Gasteiger partial charge in [-0.25, -0.2) is 4.57 Å². The molecule has 1 aliphatic carbocycles. The third kappa shape index (κ3) is 27.7. The van der Waals surface area contributed by atoms with Crippen molar-refractivity contribution in [2.45, 2.75) is 304 Å². The summed E-state index contributed by atoms with van der Waals surface area (Å²) in [5, 5.41) is 117. The fourth-order valence-electron chi connectivity index (χ4n) is 10.1. The molecule has 82 heavy (non-hydrogen) atoms. The summed E-state index contributed by atoms with van der Waals surface area (Å²) >= 11 is 0. The van der Waals surface area contributed by atoms with Gasteiger partial charge >= 0.3 is 19.8 Å². The lowest BCUT2D eigenvalue weighted by molar-refractivity contribution is -0.360. The maximum Gasteiger partial charge on any atom is 0.472 e. The molecule has 0 aromatic carbocycles. The standard InChI is InChI=1S/C58H105O23P/c1-3-5-7-9-11-13-15-17-19-21-22-24-26-28-30-32-34-43(61)74-38-40(76-44(62)35-33-31-29-27-25-23-20-18-16-14-12-10-8-6-4-2)39-75-82(72,73)81-56-54(79-57-52(70)47(65)45(63)41(36-59)77-57)50(68)49(67)51(69)55(56)80-58-53(71)48(66)46(64)42(37-60)78-58/h18-21,40-42,45-60,63-71H,3-17,22-39H2,1-2H3,(H,72,73)/b20-18-,21-19-/t40-,41?,42?,45-,46+,47?,48?,49?,50?,51?,52-,53+,54-,55?,56?,57-,58+/m1/s1. The molecule has 23 nitrogen and oxygen atoms in total. The second kappa shape index (κ2) is 42.7. The molecule has 2 heterocycles. The number of carbonyl (C=O) groups excluding carboxylic acids is 2. The molecule has 1 saturated carbocycles. The van der Waals surface area contributed by atoms with Gasteiger partial charge in [-0.15, -0.1) is 0 Å². The van der Waals surface area contributed by atoms with Crippen LogP contribution in [-0.2, 0) is 51.6 Å². The number of hydrogen-bond donors (Lipinski definition) is 12. The summed E-state index contributed by atoms with van der Waals surface area (Å²) in [4.78, 5) is 37.6. The Balaban J connectivity index is 1.69. The van der Waals surface area contributed by atoms with Crippen molar-refractivity contribution in [1.29, 1.82) is 0 Å². The number of esters is 2. The normalized spacial score (nSPS) is 30.9. The van der Waals surface area contributed by atoms with Crippen LogP contribution in [0.1, 0.15) is 200 Å². The second-order valence-corrected chi connectivity index (χ2v) is 23.6. The highest BCUT2D eigenvalue weighted by Crippen LogP contribution is 2.49. The first-order chi connectivity index (χ1) is 39.4. The Morgan fingerprint density at radius 2 is 0.805 bits per heavy atom. The maximum absolute atomic E-state index is 14.0. The monoisotopic (exact) mass is 1200 g/mol. The summed E-state index contributed by atoms with van der Waals surface area (Å²) in [6, 6.07) is 0. The highest BCUT2D eigenvalue weighted by Gasteiger charge is 2.58. The molecule has 0 spiro atoms. The summed E-state index contributed by atoms with van der Waals surface area (Å²) in [5.74, 6) is -1.35. The van der Waals surface area contributed by atoms with E-state index < -0.39 is 150 Å². The van der Waals surface area contributed by atoms with Gasteiger partial charge in [0.05, 0.1) is 19.8 Å². The lowest BCUT2D eigenvalue weighted by atomic mass is 9.84. The highest BCUT2D eigenvalue weighted by atomic mass is 31.2. The molecule has 3 rings (SSSR count). The van der Waals surface area contributed by atoms with E-state index in [4.69, 9.17) is 37.5 Å². The summed E-state index contributed by atoms with van der Waals surface area (Å²) in [6.07, 6.45) is 2.91. The van der Waals surface area contributed by atoms with Crippen LogP contribution < -0.4 is 0 Å². The first-order valence-electron chi connectivity index (χ1n) is 30.7. The average Bonchev–Trinajstić information content (AvgIpc) is 3.50. The van der Waals surface area contributed by atoms with E-state index in [0.29, 0.717) is 12.8 Å². The zero-order chi connectivity index (χ0) is 60.3. The minimum absolute atomic E-state index is 0.0419. The van der Waals surface area contributed by atoms with Gasteiger partial charge in [0.1, 0.15) is 92.1 Å².